The van der Waals surface area contributed by atoms with E-state index < -0.39 is 0 Å². The molecule has 4 rings (SSSR count). The molecule has 0 spiro atoms. The van der Waals surface area contributed by atoms with Crippen molar-refractivity contribution in [1.82, 2.24) is 14.9 Å². The number of benzene rings is 1. The zero-order valence-corrected chi connectivity index (χ0v) is 12.5. The molecule has 0 amide bonds. The Morgan fingerprint density at radius 2 is 2.15 bits per heavy atom. The summed E-state index contributed by atoms with van der Waals surface area (Å²) < 4.78 is 2.22. The molecule has 1 aliphatic heterocycles. The van der Waals surface area contributed by atoms with Crippen LogP contribution in [0.15, 0.2) is 18.2 Å². The normalized spacial score (nSPS) is 29.8. The maximum absolute atomic E-state index is 6.07. The number of nitrogens with one attached hydrogen (secondary N) is 1. The van der Waals surface area contributed by atoms with Crippen molar-refractivity contribution in [2.45, 2.75) is 44.2 Å². The van der Waals surface area contributed by atoms with Gasteiger partial charge < -0.3 is 9.88 Å². The van der Waals surface area contributed by atoms with Gasteiger partial charge in [0.25, 0.3) is 0 Å². The molecule has 1 aromatic heterocycles. The Bertz CT molecular complexity index is 634. The topological polar surface area (TPSA) is 29.9 Å². The fraction of sp³-hybridized carbons (Fsp3) is 0.562. The van der Waals surface area contributed by atoms with Crippen LogP contribution >= 0.6 is 11.6 Å². The lowest BCUT2D eigenvalue weighted by Crippen LogP contribution is -2.31. The molecule has 1 N–H and O–H groups in total. The zero-order valence-electron chi connectivity index (χ0n) is 11.8. The molecule has 2 aliphatic rings. The number of halogens is 1. The van der Waals surface area contributed by atoms with Gasteiger partial charge in [-0.1, -0.05) is 24.4 Å². The summed E-state index contributed by atoms with van der Waals surface area (Å²) in [5.74, 6) is 2.01. The van der Waals surface area contributed by atoms with Crippen molar-refractivity contribution in [3.63, 3.8) is 0 Å². The van der Waals surface area contributed by atoms with E-state index in [4.69, 9.17) is 16.6 Å². The van der Waals surface area contributed by atoms with Gasteiger partial charge in [-0.2, -0.15) is 0 Å². The molecule has 2 heterocycles. The standard InChI is InChI=1S/C16H20ClN3/c1-20-15-7-6-11(17)9-13(15)19-16(20)14-8-10-4-2-3-5-12(10)18-14/h6-7,9-10,12,14,18H,2-5,8H2,1H3. The van der Waals surface area contributed by atoms with Crippen LogP contribution in [-0.2, 0) is 7.05 Å². The van der Waals surface area contributed by atoms with E-state index in [1.165, 1.54) is 37.6 Å². The van der Waals surface area contributed by atoms with Crippen LogP contribution < -0.4 is 5.32 Å². The number of fused-ring (bicyclic) bond motifs is 2. The number of imidazole rings is 1. The van der Waals surface area contributed by atoms with Gasteiger partial charge in [-0.25, -0.2) is 4.98 Å². The molecule has 2 fully saturated rings. The number of nitrogens with zero attached hydrogens (tertiary/aromatic N) is 2. The molecule has 4 heteroatoms. The summed E-state index contributed by atoms with van der Waals surface area (Å²) >= 11 is 6.07. The summed E-state index contributed by atoms with van der Waals surface area (Å²) in [7, 11) is 2.11. The number of hydrogen-bond donors (Lipinski definition) is 1. The van der Waals surface area contributed by atoms with E-state index in [0.717, 1.165) is 22.3 Å². The fourth-order valence-electron chi connectivity index (χ4n) is 4.02. The van der Waals surface area contributed by atoms with Gasteiger partial charge in [-0.15, -0.1) is 0 Å². The summed E-state index contributed by atoms with van der Waals surface area (Å²) in [5, 5.41) is 4.57. The van der Waals surface area contributed by atoms with Crippen molar-refractivity contribution >= 4 is 22.6 Å². The van der Waals surface area contributed by atoms with Crippen molar-refractivity contribution in [1.29, 1.82) is 0 Å². The monoisotopic (exact) mass is 289 g/mol. The highest BCUT2D eigenvalue weighted by molar-refractivity contribution is 6.31. The molecule has 3 atom stereocenters. The van der Waals surface area contributed by atoms with Crippen LogP contribution in [0.5, 0.6) is 0 Å². The zero-order chi connectivity index (χ0) is 13.7. The quantitative estimate of drug-likeness (QED) is 0.865. The Kier molecular flexibility index (Phi) is 3.00. The van der Waals surface area contributed by atoms with Crippen LogP contribution in [0, 0.1) is 5.92 Å². The third kappa shape index (κ3) is 1.95. The van der Waals surface area contributed by atoms with E-state index >= 15 is 0 Å². The molecule has 20 heavy (non-hydrogen) atoms. The van der Waals surface area contributed by atoms with Crippen LogP contribution in [-0.4, -0.2) is 15.6 Å². The Labute approximate surface area is 124 Å². The van der Waals surface area contributed by atoms with Gasteiger partial charge in [0.2, 0.25) is 0 Å². The average molecular weight is 290 g/mol. The highest BCUT2D eigenvalue weighted by Gasteiger charge is 2.37. The van der Waals surface area contributed by atoms with Crippen molar-refractivity contribution in [2.75, 3.05) is 0 Å². The van der Waals surface area contributed by atoms with Gasteiger partial charge in [0.15, 0.2) is 0 Å². The van der Waals surface area contributed by atoms with E-state index in [1.54, 1.807) is 0 Å². The van der Waals surface area contributed by atoms with Crippen molar-refractivity contribution in [2.24, 2.45) is 13.0 Å². The van der Waals surface area contributed by atoms with Crippen LogP contribution in [0.4, 0.5) is 0 Å². The lowest BCUT2D eigenvalue weighted by molar-refractivity contribution is 0.325. The molecule has 1 saturated carbocycles. The van der Waals surface area contributed by atoms with E-state index in [0.29, 0.717) is 12.1 Å². The minimum absolute atomic E-state index is 0.402. The Hall–Kier alpha value is -1.06. The van der Waals surface area contributed by atoms with Crippen LogP contribution in [0.25, 0.3) is 11.0 Å². The maximum Gasteiger partial charge on any atom is 0.126 e. The van der Waals surface area contributed by atoms with Crippen molar-refractivity contribution in [3.05, 3.63) is 29.0 Å². The van der Waals surface area contributed by atoms with Crippen molar-refractivity contribution < 1.29 is 0 Å². The van der Waals surface area contributed by atoms with Crippen molar-refractivity contribution in [3.8, 4) is 0 Å². The molecular formula is C16H20ClN3. The number of aryl methyl sites for hydroxylation is 1. The van der Waals surface area contributed by atoms with Crippen LogP contribution in [0.1, 0.15) is 44.0 Å². The highest BCUT2D eigenvalue weighted by Crippen LogP contribution is 2.39. The smallest absolute Gasteiger partial charge is 0.126 e. The molecule has 0 radical (unpaired) electrons. The van der Waals surface area contributed by atoms with E-state index in [9.17, 15) is 0 Å². The molecule has 1 aliphatic carbocycles. The Balaban J connectivity index is 1.70. The molecular weight excluding hydrogens is 270 g/mol. The molecule has 106 valence electrons. The summed E-state index contributed by atoms with van der Waals surface area (Å²) in [5.41, 5.74) is 2.17. The lowest BCUT2D eigenvalue weighted by Gasteiger charge is -2.24. The van der Waals surface area contributed by atoms with E-state index in [2.05, 4.69) is 23.0 Å². The average Bonchev–Trinajstić information content (AvgIpc) is 3.00. The van der Waals surface area contributed by atoms with E-state index in [-0.39, 0.29) is 0 Å². The molecule has 1 aromatic carbocycles. The second kappa shape index (κ2) is 4.74. The van der Waals surface area contributed by atoms with Gasteiger partial charge in [0, 0.05) is 18.1 Å². The molecule has 2 aromatic rings. The third-order valence-electron chi connectivity index (χ3n) is 5.05. The molecule has 1 saturated heterocycles. The first-order chi connectivity index (χ1) is 9.72. The predicted octanol–water partition coefficient (Wildman–Crippen LogP) is 3.82. The summed E-state index contributed by atoms with van der Waals surface area (Å²) in [4.78, 5) is 4.83. The lowest BCUT2D eigenvalue weighted by atomic mass is 9.85. The number of aromatic nitrogens is 2. The van der Waals surface area contributed by atoms with Gasteiger partial charge in [0.05, 0.1) is 17.1 Å². The summed E-state index contributed by atoms with van der Waals surface area (Å²) in [6.07, 6.45) is 6.71. The van der Waals surface area contributed by atoms with Gasteiger partial charge in [-0.05, 0) is 43.4 Å². The first kappa shape index (κ1) is 12.7. The molecule has 3 nitrogen and oxygen atoms in total. The molecule has 0 bridgehead atoms. The third-order valence-corrected chi connectivity index (χ3v) is 5.29. The second-order valence-electron chi connectivity index (χ2n) is 6.27. The van der Waals surface area contributed by atoms with Crippen LogP contribution in [0.2, 0.25) is 5.02 Å². The highest BCUT2D eigenvalue weighted by atomic mass is 35.5. The Morgan fingerprint density at radius 3 is 3.00 bits per heavy atom. The minimum Gasteiger partial charge on any atom is -0.330 e. The van der Waals surface area contributed by atoms with Gasteiger partial charge >= 0.3 is 0 Å². The number of rotatable bonds is 1. The minimum atomic E-state index is 0.402. The fourth-order valence-corrected chi connectivity index (χ4v) is 4.19. The van der Waals surface area contributed by atoms with Crippen LogP contribution in [0.3, 0.4) is 0 Å². The predicted molar refractivity (Wildman–Crippen MR) is 82.0 cm³/mol. The first-order valence-electron chi connectivity index (χ1n) is 7.60. The largest absolute Gasteiger partial charge is 0.330 e. The van der Waals surface area contributed by atoms with E-state index in [1.807, 2.05) is 12.1 Å². The molecule has 3 unspecified atom stereocenters. The Morgan fingerprint density at radius 1 is 1.30 bits per heavy atom. The first-order valence-corrected chi connectivity index (χ1v) is 7.98. The summed E-state index contributed by atoms with van der Waals surface area (Å²) in [6, 6.07) is 7.08. The van der Waals surface area contributed by atoms with Gasteiger partial charge in [0.1, 0.15) is 5.82 Å². The summed E-state index contributed by atoms with van der Waals surface area (Å²) in [6.45, 7) is 0. The second-order valence-corrected chi connectivity index (χ2v) is 6.70. The maximum atomic E-state index is 6.07. The number of hydrogen-bond acceptors (Lipinski definition) is 2. The SMILES string of the molecule is Cn1c(C2CC3CCCCC3N2)nc2cc(Cl)ccc21. The van der Waals surface area contributed by atoms with Gasteiger partial charge in [-0.3, -0.25) is 0 Å².